The van der Waals surface area contributed by atoms with Crippen LogP contribution in [0.15, 0.2) is 50.9 Å². The van der Waals surface area contributed by atoms with Crippen LogP contribution in [0.2, 0.25) is 5.02 Å². The minimum Gasteiger partial charge on any atom is -0.313 e. The highest BCUT2D eigenvalue weighted by molar-refractivity contribution is 9.10. The second-order valence-corrected chi connectivity index (χ2v) is 6.36. The van der Waals surface area contributed by atoms with Gasteiger partial charge in [-0.1, -0.05) is 46.2 Å². The van der Waals surface area contributed by atoms with Gasteiger partial charge in [0.2, 0.25) is 0 Å². The van der Waals surface area contributed by atoms with Gasteiger partial charge in [0, 0.05) is 22.1 Å². The molecule has 0 bridgehead atoms. The smallest absolute Gasteiger partial charge is 0.101 e. The Labute approximate surface area is 131 Å². The lowest BCUT2D eigenvalue weighted by Crippen LogP contribution is -2.12. The number of rotatable bonds is 5. The predicted molar refractivity (Wildman–Crippen MR) is 84.9 cm³/mol. The minimum absolute atomic E-state index is 0.660. The zero-order valence-corrected chi connectivity index (χ0v) is 13.6. The van der Waals surface area contributed by atoms with E-state index in [4.69, 9.17) is 11.6 Å². The van der Waals surface area contributed by atoms with E-state index in [2.05, 4.69) is 45.3 Å². The van der Waals surface area contributed by atoms with E-state index in [1.807, 2.05) is 18.2 Å². The van der Waals surface area contributed by atoms with Gasteiger partial charge in [-0.05, 0) is 42.4 Å². The number of pyridine rings is 1. The summed E-state index contributed by atoms with van der Waals surface area (Å²) in [5.74, 6) is 0. The van der Waals surface area contributed by atoms with Crippen LogP contribution in [0.3, 0.4) is 0 Å². The molecule has 0 saturated carbocycles. The molecule has 0 amide bonds. The topological polar surface area (TPSA) is 24.9 Å². The van der Waals surface area contributed by atoms with E-state index in [0.29, 0.717) is 5.02 Å². The normalized spacial score (nSPS) is 10.7. The third kappa shape index (κ3) is 4.49. The lowest BCUT2D eigenvalue weighted by Gasteiger charge is -2.10. The second kappa shape index (κ2) is 7.29. The lowest BCUT2D eigenvalue weighted by atomic mass is 10.2. The molecule has 0 unspecified atom stereocenters. The van der Waals surface area contributed by atoms with Crippen LogP contribution in [-0.4, -0.2) is 11.5 Å². The second-order valence-electron chi connectivity index (χ2n) is 3.95. The van der Waals surface area contributed by atoms with Crippen molar-refractivity contribution in [2.75, 3.05) is 6.54 Å². The van der Waals surface area contributed by atoms with E-state index in [9.17, 15) is 0 Å². The SMILES string of the molecule is CCNCc1cc(Br)ccc1Sc1ccc(Cl)cn1. The van der Waals surface area contributed by atoms with Crippen LogP contribution in [0.25, 0.3) is 0 Å². The molecule has 2 aromatic rings. The Kier molecular flexibility index (Phi) is 5.70. The van der Waals surface area contributed by atoms with E-state index in [1.54, 1.807) is 18.0 Å². The zero-order chi connectivity index (χ0) is 13.7. The fraction of sp³-hybridized carbons (Fsp3) is 0.214. The van der Waals surface area contributed by atoms with Gasteiger partial charge in [-0.2, -0.15) is 0 Å². The number of hydrogen-bond acceptors (Lipinski definition) is 3. The van der Waals surface area contributed by atoms with E-state index in [0.717, 1.165) is 22.6 Å². The summed E-state index contributed by atoms with van der Waals surface area (Å²) < 4.78 is 1.09. The Morgan fingerprint density at radius 2 is 2.16 bits per heavy atom. The summed E-state index contributed by atoms with van der Waals surface area (Å²) in [6, 6.07) is 10.1. The van der Waals surface area contributed by atoms with Crippen molar-refractivity contribution < 1.29 is 0 Å². The maximum atomic E-state index is 5.85. The Hall–Kier alpha value is -0.550. The van der Waals surface area contributed by atoms with Gasteiger partial charge in [-0.15, -0.1) is 0 Å². The molecule has 5 heteroatoms. The Morgan fingerprint density at radius 1 is 1.32 bits per heavy atom. The quantitative estimate of drug-likeness (QED) is 0.835. The molecule has 0 aliphatic heterocycles. The van der Waals surface area contributed by atoms with E-state index >= 15 is 0 Å². The van der Waals surface area contributed by atoms with Crippen LogP contribution in [0, 0.1) is 0 Å². The molecule has 0 aliphatic rings. The van der Waals surface area contributed by atoms with Crippen LogP contribution >= 0.6 is 39.3 Å². The molecular weight excluding hydrogens is 344 g/mol. The molecule has 0 spiro atoms. The summed E-state index contributed by atoms with van der Waals surface area (Å²) in [5, 5.41) is 4.96. The van der Waals surface area contributed by atoms with E-state index in [1.165, 1.54) is 10.5 Å². The van der Waals surface area contributed by atoms with Crippen molar-refractivity contribution in [3.8, 4) is 0 Å². The van der Waals surface area contributed by atoms with Gasteiger partial charge in [0.05, 0.1) is 5.02 Å². The first-order valence-electron chi connectivity index (χ1n) is 5.97. The van der Waals surface area contributed by atoms with E-state index < -0.39 is 0 Å². The summed E-state index contributed by atoms with van der Waals surface area (Å²) in [4.78, 5) is 5.52. The third-order valence-corrected chi connectivity index (χ3v) is 4.29. The number of nitrogens with one attached hydrogen (secondary N) is 1. The molecule has 100 valence electrons. The van der Waals surface area contributed by atoms with Gasteiger partial charge in [0.25, 0.3) is 0 Å². The van der Waals surface area contributed by atoms with Gasteiger partial charge in [-0.3, -0.25) is 0 Å². The standard InChI is InChI=1S/C14H14BrClN2S/c1-2-17-8-10-7-11(15)3-5-13(10)19-14-6-4-12(16)9-18-14/h3-7,9,17H,2,8H2,1H3. The van der Waals surface area contributed by atoms with Crippen LogP contribution < -0.4 is 5.32 Å². The minimum atomic E-state index is 0.660. The first kappa shape index (κ1) is 14.9. The fourth-order valence-corrected chi connectivity index (χ4v) is 2.97. The monoisotopic (exact) mass is 356 g/mol. The summed E-state index contributed by atoms with van der Waals surface area (Å²) in [6.07, 6.45) is 1.67. The van der Waals surface area contributed by atoms with Crippen molar-refractivity contribution >= 4 is 39.3 Å². The summed E-state index contributed by atoms with van der Waals surface area (Å²) >= 11 is 11.0. The van der Waals surface area contributed by atoms with Crippen molar-refractivity contribution in [2.24, 2.45) is 0 Å². The van der Waals surface area contributed by atoms with Gasteiger partial charge in [0.1, 0.15) is 5.03 Å². The van der Waals surface area contributed by atoms with Crippen LogP contribution in [0.5, 0.6) is 0 Å². The summed E-state index contributed by atoms with van der Waals surface area (Å²) in [5.41, 5.74) is 1.26. The number of hydrogen-bond donors (Lipinski definition) is 1. The average molecular weight is 358 g/mol. The first-order valence-corrected chi connectivity index (χ1v) is 7.96. The Balaban J connectivity index is 2.20. The molecule has 0 atom stereocenters. The predicted octanol–water partition coefficient (Wildman–Crippen LogP) is 4.76. The molecule has 0 fully saturated rings. The lowest BCUT2D eigenvalue weighted by molar-refractivity contribution is 0.717. The number of benzene rings is 1. The first-order chi connectivity index (χ1) is 9.19. The zero-order valence-electron chi connectivity index (χ0n) is 10.5. The van der Waals surface area contributed by atoms with Gasteiger partial charge in [-0.25, -0.2) is 4.98 Å². The summed E-state index contributed by atoms with van der Waals surface area (Å²) in [6.45, 7) is 3.91. The van der Waals surface area contributed by atoms with Crippen molar-refractivity contribution in [3.05, 3.63) is 51.6 Å². The molecule has 0 saturated heterocycles. The highest BCUT2D eigenvalue weighted by Gasteiger charge is 2.06. The highest BCUT2D eigenvalue weighted by atomic mass is 79.9. The van der Waals surface area contributed by atoms with Crippen molar-refractivity contribution in [1.29, 1.82) is 0 Å². The molecule has 1 aromatic heterocycles. The Morgan fingerprint density at radius 3 is 2.84 bits per heavy atom. The average Bonchev–Trinajstić information content (AvgIpc) is 2.41. The molecule has 1 heterocycles. The summed E-state index contributed by atoms with van der Waals surface area (Å²) in [7, 11) is 0. The molecule has 0 radical (unpaired) electrons. The Bertz CT molecular complexity index is 546. The van der Waals surface area contributed by atoms with Crippen LogP contribution in [0.1, 0.15) is 12.5 Å². The molecule has 0 aliphatic carbocycles. The third-order valence-electron chi connectivity index (χ3n) is 2.50. The molecule has 2 rings (SSSR count). The van der Waals surface area contributed by atoms with Gasteiger partial charge < -0.3 is 5.32 Å². The molecular formula is C14H14BrClN2S. The highest BCUT2D eigenvalue weighted by Crippen LogP contribution is 2.31. The molecule has 2 nitrogen and oxygen atoms in total. The molecule has 1 aromatic carbocycles. The van der Waals surface area contributed by atoms with Crippen LogP contribution in [0.4, 0.5) is 0 Å². The molecule has 19 heavy (non-hydrogen) atoms. The van der Waals surface area contributed by atoms with Crippen molar-refractivity contribution in [3.63, 3.8) is 0 Å². The van der Waals surface area contributed by atoms with Crippen molar-refractivity contribution in [1.82, 2.24) is 10.3 Å². The van der Waals surface area contributed by atoms with Gasteiger partial charge in [0.15, 0.2) is 0 Å². The largest absolute Gasteiger partial charge is 0.313 e. The molecule has 1 N–H and O–H groups in total. The maximum Gasteiger partial charge on any atom is 0.101 e. The number of nitrogens with zero attached hydrogens (tertiary/aromatic N) is 1. The van der Waals surface area contributed by atoms with Crippen LogP contribution in [-0.2, 0) is 6.54 Å². The van der Waals surface area contributed by atoms with Crippen molar-refractivity contribution in [2.45, 2.75) is 23.4 Å². The number of halogens is 2. The fourth-order valence-electron chi connectivity index (χ4n) is 1.58. The maximum absolute atomic E-state index is 5.85. The van der Waals surface area contributed by atoms with E-state index in [-0.39, 0.29) is 0 Å². The number of aromatic nitrogens is 1. The van der Waals surface area contributed by atoms with Gasteiger partial charge >= 0.3 is 0 Å².